The first-order valence-electron chi connectivity index (χ1n) is 7.61. The molecule has 1 amide bonds. The Kier molecular flexibility index (Phi) is 7.88. The molecular weight excluding hydrogens is 316 g/mol. The van der Waals surface area contributed by atoms with Crippen LogP contribution in [0.5, 0.6) is 0 Å². The third kappa shape index (κ3) is 5.74. The Morgan fingerprint density at radius 1 is 1.35 bits per heavy atom. The summed E-state index contributed by atoms with van der Waals surface area (Å²) in [5.74, 6) is -0.840. The van der Waals surface area contributed by atoms with E-state index in [1.807, 2.05) is 20.1 Å². The van der Waals surface area contributed by atoms with Crippen molar-refractivity contribution in [3.05, 3.63) is 34.2 Å². The summed E-state index contributed by atoms with van der Waals surface area (Å²) in [6.45, 7) is 3.76. The summed E-state index contributed by atoms with van der Waals surface area (Å²) in [5.41, 5.74) is 0.607. The normalized spacial score (nSPS) is 13.3. The quantitative estimate of drug-likeness (QED) is 0.716. The molecule has 23 heavy (non-hydrogen) atoms. The lowest BCUT2D eigenvalue weighted by Crippen LogP contribution is -2.45. The number of thioether (sulfide) groups is 1. The van der Waals surface area contributed by atoms with E-state index in [1.54, 1.807) is 12.3 Å². The van der Waals surface area contributed by atoms with Crippen molar-refractivity contribution in [1.29, 1.82) is 0 Å². The number of aryl methyl sites for hydroxylation is 1. The van der Waals surface area contributed by atoms with Crippen molar-refractivity contribution in [3.8, 4) is 0 Å². The van der Waals surface area contributed by atoms with Gasteiger partial charge in [0.2, 0.25) is 5.91 Å². The molecule has 1 aromatic heterocycles. The Hall–Kier alpha value is -1.76. The fraction of sp³-hybridized carbons (Fsp3) is 0.562. The second-order valence-electron chi connectivity index (χ2n) is 5.44. The van der Waals surface area contributed by atoms with Gasteiger partial charge in [-0.2, -0.15) is 11.8 Å². The number of pyridine rings is 1. The molecule has 0 saturated heterocycles. The fourth-order valence-electron chi connectivity index (χ4n) is 2.29. The van der Waals surface area contributed by atoms with Crippen molar-refractivity contribution in [1.82, 2.24) is 9.88 Å². The van der Waals surface area contributed by atoms with E-state index in [2.05, 4.69) is 5.32 Å². The van der Waals surface area contributed by atoms with Gasteiger partial charge < -0.3 is 15.0 Å². The zero-order valence-electron chi connectivity index (χ0n) is 13.7. The van der Waals surface area contributed by atoms with Gasteiger partial charge in [-0.1, -0.05) is 19.4 Å². The van der Waals surface area contributed by atoms with Crippen LogP contribution < -0.4 is 10.9 Å². The Balaban J connectivity index is 2.99. The number of carboxylic acids is 1. The van der Waals surface area contributed by atoms with Gasteiger partial charge >= 0.3 is 5.97 Å². The monoisotopic (exact) mass is 340 g/mol. The number of carbonyl (C=O) groups is 2. The number of aromatic nitrogens is 1. The van der Waals surface area contributed by atoms with Crippen LogP contribution in [0.4, 0.5) is 0 Å². The van der Waals surface area contributed by atoms with Gasteiger partial charge in [0, 0.05) is 12.3 Å². The molecule has 0 aliphatic carbocycles. The number of nitrogens with zero attached hydrogens (tertiary/aromatic N) is 1. The van der Waals surface area contributed by atoms with Crippen molar-refractivity contribution in [3.63, 3.8) is 0 Å². The van der Waals surface area contributed by atoms with Crippen LogP contribution in [0.15, 0.2) is 23.1 Å². The topological polar surface area (TPSA) is 88.4 Å². The highest BCUT2D eigenvalue weighted by Gasteiger charge is 2.26. The Morgan fingerprint density at radius 2 is 2.04 bits per heavy atom. The first kappa shape index (κ1) is 19.3. The lowest BCUT2D eigenvalue weighted by Gasteiger charge is -2.22. The van der Waals surface area contributed by atoms with E-state index in [-0.39, 0.29) is 5.56 Å². The number of amides is 1. The smallest absolute Gasteiger partial charge is 0.326 e. The third-order valence-electron chi connectivity index (χ3n) is 3.51. The third-order valence-corrected chi connectivity index (χ3v) is 4.16. The molecule has 1 heterocycles. The molecule has 0 spiro atoms. The maximum atomic E-state index is 12.5. The summed E-state index contributed by atoms with van der Waals surface area (Å²) < 4.78 is 1.39. The average Bonchev–Trinajstić information content (AvgIpc) is 2.51. The van der Waals surface area contributed by atoms with Crippen molar-refractivity contribution < 1.29 is 14.7 Å². The molecule has 0 aliphatic heterocycles. The molecule has 0 radical (unpaired) electrons. The summed E-state index contributed by atoms with van der Waals surface area (Å²) in [4.78, 5) is 35.9. The maximum Gasteiger partial charge on any atom is 0.326 e. The van der Waals surface area contributed by atoms with Gasteiger partial charge in [-0.3, -0.25) is 9.59 Å². The van der Waals surface area contributed by atoms with Crippen LogP contribution in [0.3, 0.4) is 0 Å². The van der Waals surface area contributed by atoms with Crippen molar-refractivity contribution in [2.45, 2.75) is 45.2 Å². The van der Waals surface area contributed by atoms with Crippen LogP contribution in [-0.4, -0.2) is 39.6 Å². The highest BCUT2D eigenvalue weighted by molar-refractivity contribution is 7.98. The molecule has 0 aliphatic rings. The lowest BCUT2D eigenvalue weighted by atomic mass is 10.1. The second kappa shape index (κ2) is 9.39. The van der Waals surface area contributed by atoms with Crippen LogP contribution in [0.2, 0.25) is 0 Å². The van der Waals surface area contributed by atoms with Crippen LogP contribution in [0.25, 0.3) is 0 Å². The summed E-state index contributed by atoms with van der Waals surface area (Å²) >= 11 is 1.52. The Bertz CT molecular complexity index is 600. The average molecular weight is 340 g/mol. The fourth-order valence-corrected chi connectivity index (χ4v) is 2.76. The maximum absolute atomic E-state index is 12.5. The Labute approximate surface area is 140 Å². The van der Waals surface area contributed by atoms with E-state index in [9.17, 15) is 19.5 Å². The van der Waals surface area contributed by atoms with Gasteiger partial charge in [0.15, 0.2) is 0 Å². The van der Waals surface area contributed by atoms with Crippen molar-refractivity contribution in [2.75, 3.05) is 12.0 Å². The van der Waals surface area contributed by atoms with E-state index >= 15 is 0 Å². The molecule has 0 fully saturated rings. The standard InChI is InChI=1S/C16H24N2O4S/c1-4-5-13(18-10-11(2)6-7-14(18)19)15(20)17-12(16(21)22)8-9-23-3/h6-7,10,12-13H,4-5,8-9H2,1-3H3,(H,17,20)(H,21,22). The summed E-state index contributed by atoms with van der Waals surface area (Å²) in [7, 11) is 0. The van der Waals surface area contributed by atoms with Crippen LogP contribution in [-0.2, 0) is 9.59 Å². The van der Waals surface area contributed by atoms with E-state index in [1.165, 1.54) is 22.4 Å². The summed E-state index contributed by atoms with van der Waals surface area (Å²) in [5, 5.41) is 11.8. The largest absolute Gasteiger partial charge is 0.480 e. The number of hydrogen-bond donors (Lipinski definition) is 2. The predicted octanol–water partition coefficient (Wildman–Crippen LogP) is 1.82. The summed E-state index contributed by atoms with van der Waals surface area (Å²) in [6.07, 6.45) is 5.06. The molecule has 0 bridgehead atoms. The molecule has 2 atom stereocenters. The number of nitrogens with one attached hydrogen (secondary N) is 1. The number of rotatable bonds is 9. The molecule has 7 heteroatoms. The Morgan fingerprint density at radius 3 is 2.61 bits per heavy atom. The SMILES string of the molecule is CCCC(C(=O)NC(CCSC)C(=O)O)n1cc(C)ccc1=O. The van der Waals surface area contributed by atoms with E-state index in [4.69, 9.17) is 0 Å². The highest BCUT2D eigenvalue weighted by Crippen LogP contribution is 2.14. The molecule has 1 rings (SSSR count). The first-order chi connectivity index (χ1) is 10.9. The molecule has 1 aromatic rings. The predicted molar refractivity (Wildman–Crippen MR) is 91.9 cm³/mol. The molecule has 0 aromatic carbocycles. The molecule has 0 saturated carbocycles. The summed E-state index contributed by atoms with van der Waals surface area (Å²) in [6, 6.07) is 1.49. The van der Waals surface area contributed by atoms with Crippen LogP contribution >= 0.6 is 11.8 Å². The molecular formula is C16H24N2O4S. The minimum Gasteiger partial charge on any atom is -0.480 e. The lowest BCUT2D eigenvalue weighted by molar-refractivity contribution is -0.142. The minimum atomic E-state index is -1.06. The first-order valence-corrected chi connectivity index (χ1v) is 9.01. The highest BCUT2D eigenvalue weighted by atomic mass is 32.2. The van der Waals surface area contributed by atoms with Gasteiger partial charge in [-0.25, -0.2) is 4.79 Å². The van der Waals surface area contributed by atoms with Gasteiger partial charge in [0.05, 0.1) is 0 Å². The molecule has 2 unspecified atom stereocenters. The van der Waals surface area contributed by atoms with E-state index in [0.717, 1.165) is 5.56 Å². The van der Waals surface area contributed by atoms with Crippen LogP contribution in [0.1, 0.15) is 37.8 Å². The van der Waals surface area contributed by atoms with Gasteiger partial charge in [0.25, 0.3) is 5.56 Å². The number of carboxylic acid groups (broad SMARTS) is 1. The molecule has 2 N–H and O–H groups in total. The second-order valence-corrected chi connectivity index (χ2v) is 6.42. The number of hydrogen-bond acceptors (Lipinski definition) is 4. The minimum absolute atomic E-state index is 0.264. The van der Waals surface area contributed by atoms with Gasteiger partial charge in [-0.15, -0.1) is 0 Å². The zero-order chi connectivity index (χ0) is 17.4. The van der Waals surface area contributed by atoms with Gasteiger partial charge in [-0.05, 0) is 37.3 Å². The van der Waals surface area contributed by atoms with Crippen molar-refractivity contribution in [2.24, 2.45) is 0 Å². The molecule has 6 nitrogen and oxygen atoms in total. The molecule has 128 valence electrons. The van der Waals surface area contributed by atoms with E-state index in [0.29, 0.717) is 25.0 Å². The van der Waals surface area contributed by atoms with Gasteiger partial charge in [0.1, 0.15) is 12.1 Å². The van der Waals surface area contributed by atoms with Crippen LogP contribution in [0, 0.1) is 6.92 Å². The van der Waals surface area contributed by atoms with E-state index < -0.39 is 24.0 Å². The number of aliphatic carboxylic acids is 1. The van der Waals surface area contributed by atoms with Crippen molar-refractivity contribution >= 4 is 23.6 Å². The zero-order valence-corrected chi connectivity index (χ0v) is 14.6. The number of carbonyl (C=O) groups excluding carboxylic acids is 1.